The molecule has 1 amide bonds. The maximum Gasteiger partial charge on any atom is 0.416 e. The van der Waals surface area contributed by atoms with Crippen LogP contribution in [-0.4, -0.2) is 35.5 Å². The molecule has 8 heteroatoms. The van der Waals surface area contributed by atoms with Gasteiger partial charge in [-0.25, -0.2) is 4.79 Å². The molecule has 0 saturated heterocycles. The topological polar surface area (TPSA) is 58.6 Å². The van der Waals surface area contributed by atoms with Crippen molar-refractivity contribution in [3.8, 4) is 0 Å². The molecular formula is C20H19F3N2O3. The highest BCUT2D eigenvalue weighted by Crippen LogP contribution is 2.40. The van der Waals surface area contributed by atoms with E-state index >= 15 is 0 Å². The second kappa shape index (κ2) is 6.39. The molecule has 1 spiro atoms. The van der Waals surface area contributed by atoms with Crippen molar-refractivity contribution in [3.63, 3.8) is 0 Å². The minimum atomic E-state index is -4.43. The molecule has 0 bridgehead atoms. The Kier molecular flexibility index (Phi) is 4.24. The van der Waals surface area contributed by atoms with Gasteiger partial charge in [0.05, 0.1) is 11.1 Å². The lowest BCUT2D eigenvalue weighted by Crippen LogP contribution is -2.45. The van der Waals surface area contributed by atoms with Crippen molar-refractivity contribution in [2.45, 2.75) is 38.1 Å². The van der Waals surface area contributed by atoms with Crippen molar-refractivity contribution in [3.05, 3.63) is 58.3 Å². The van der Waals surface area contributed by atoms with Gasteiger partial charge in [-0.2, -0.15) is 13.2 Å². The quantitative estimate of drug-likeness (QED) is 0.747. The van der Waals surface area contributed by atoms with Crippen LogP contribution in [0, 0.1) is 0 Å². The van der Waals surface area contributed by atoms with E-state index in [1.165, 1.54) is 11.0 Å². The zero-order chi connectivity index (χ0) is 20.1. The Morgan fingerprint density at radius 1 is 1.29 bits per heavy atom. The number of rotatable bonds is 1. The van der Waals surface area contributed by atoms with Gasteiger partial charge in [0.15, 0.2) is 5.60 Å². The van der Waals surface area contributed by atoms with Crippen LogP contribution in [0.3, 0.4) is 0 Å². The Hall–Kier alpha value is -2.77. The molecule has 0 aliphatic carbocycles. The van der Waals surface area contributed by atoms with Crippen molar-refractivity contribution in [2.75, 3.05) is 13.1 Å². The maximum atomic E-state index is 13.3. The number of alkyl halides is 3. The molecule has 4 rings (SSSR count). The SMILES string of the molecule is CC1=C(C(=O)N2CCc3ccc(C(F)(F)F)cc3C2)C2(C=CNCC2)OC1=O. The fourth-order valence-corrected chi connectivity index (χ4v) is 4.03. The fraction of sp³-hybridized carbons (Fsp3) is 0.400. The highest BCUT2D eigenvalue weighted by molar-refractivity contribution is 6.07. The summed E-state index contributed by atoms with van der Waals surface area (Å²) in [5, 5.41) is 3.01. The average molecular weight is 392 g/mol. The van der Waals surface area contributed by atoms with Gasteiger partial charge in [-0.3, -0.25) is 4.79 Å². The van der Waals surface area contributed by atoms with Crippen LogP contribution in [-0.2, 0) is 33.5 Å². The first-order valence-corrected chi connectivity index (χ1v) is 9.05. The van der Waals surface area contributed by atoms with Crippen molar-refractivity contribution in [2.24, 2.45) is 0 Å². The predicted molar refractivity (Wildman–Crippen MR) is 93.8 cm³/mol. The van der Waals surface area contributed by atoms with E-state index in [1.54, 1.807) is 19.2 Å². The van der Waals surface area contributed by atoms with E-state index in [0.717, 1.165) is 17.7 Å². The molecule has 3 heterocycles. The number of halogens is 3. The number of carbonyl (C=O) groups is 2. The minimum absolute atomic E-state index is 0.0705. The van der Waals surface area contributed by atoms with E-state index in [4.69, 9.17) is 4.74 Å². The zero-order valence-corrected chi connectivity index (χ0v) is 15.2. The lowest BCUT2D eigenvalue weighted by Gasteiger charge is -2.35. The monoisotopic (exact) mass is 392 g/mol. The van der Waals surface area contributed by atoms with Crippen LogP contribution in [0.2, 0.25) is 0 Å². The van der Waals surface area contributed by atoms with Crippen molar-refractivity contribution in [1.82, 2.24) is 10.2 Å². The highest BCUT2D eigenvalue weighted by Gasteiger charge is 2.49. The molecule has 1 aromatic carbocycles. The number of ether oxygens (including phenoxy) is 1. The van der Waals surface area contributed by atoms with Gasteiger partial charge < -0.3 is 15.0 Å². The summed E-state index contributed by atoms with van der Waals surface area (Å²) in [7, 11) is 0. The fourth-order valence-electron chi connectivity index (χ4n) is 4.03. The number of nitrogens with one attached hydrogen (secondary N) is 1. The van der Waals surface area contributed by atoms with Crippen LogP contribution in [0.25, 0.3) is 0 Å². The first kappa shape index (κ1) is 18.6. The molecule has 1 N–H and O–H groups in total. The summed E-state index contributed by atoms with van der Waals surface area (Å²) in [5.41, 5.74) is -0.00614. The van der Waals surface area contributed by atoms with Gasteiger partial charge in [-0.1, -0.05) is 6.07 Å². The van der Waals surface area contributed by atoms with Crippen LogP contribution in [0.4, 0.5) is 13.2 Å². The largest absolute Gasteiger partial charge is 0.446 e. The van der Waals surface area contributed by atoms with Crippen molar-refractivity contribution >= 4 is 11.9 Å². The van der Waals surface area contributed by atoms with E-state index in [9.17, 15) is 22.8 Å². The number of carbonyl (C=O) groups excluding carboxylic acids is 2. The Labute approximate surface area is 159 Å². The van der Waals surface area contributed by atoms with Gasteiger partial charge in [0.2, 0.25) is 0 Å². The molecule has 148 valence electrons. The third-order valence-corrected chi connectivity index (χ3v) is 5.54. The second-order valence-electron chi connectivity index (χ2n) is 7.27. The molecule has 0 radical (unpaired) electrons. The Morgan fingerprint density at radius 3 is 2.75 bits per heavy atom. The molecule has 3 aliphatic rings. The molecule has 0 fully saturated rings. The van der Waals surface area contributed by atoms with E-state index < -0.39 is 23.3 Å². The Balaban J connectivity index is 1.65. The number of esters is 1. The summed E-state index contributed by atoms with van der Waals surface area (Å²) in [6.07, 6.45) is -0.224. The van der Waals surface area contributed by atoms with Gasteiger partial charge in [-0.05, 0) is 48.9 Å². The minimum Gasteiger partial charge on any atom is -0.446 e. The molecule has 0 aromatic heterocycles. The average Bonchev–Trinajstić information content (AvgIpc) is 2.89. The molecule has 1 unspecified atom stereocenters. The lowest BCUT2D eigenvalue weighted by atomic mass is 9.86. The van der Waals surface area contributed by atoms with E-state index in [-0.39, 0.29) is 23.6 Å². The summed E-state index contributed by atoms with van der Waals surface area (Å²) in [4.78, 5) is 27.0. The van der Waals surface area contributed by atoms with E-state index in [1.807, 2.05) is 0 Å². The molecule has 28 heavy (non-hydrogen) atoms. The van der Waals surface area contributed by atoms with Gasteiger partial charge in [0, 0.05) is 31.6 Å². The molecule has 1 aromatic rings. The highest BCUT2D eigenvalue weighted by atomic mass is 19.4. The molecule has 0 saturated carbocycles. The number of nitrogens with zero attached hydrogens (tertiary/aromatic N) is 1. The number of fused-ring (bicyclic) bond motifs is 1. The third-order valence-electron chi connectivity index (χ3n) is 5.54. The smallest absolute Gasteiger partial charge is 0.416 e. The number of hydrogen-bond acceptors (Lipinski definition) is 4. The van der Waals surface area contributed by atoms with Crippen LogP contribution in [0.15, 0.2) is 41.6 Å². The summed E-state index contributed by atoms with van der Waals surface area (Å²) < 4.78 is 44.6. The summed E-state index contributed by atoms with van der Waals surface area (Å²) in [6, 6.07) is 3.65. The zero-order valence-electron chi connectivity index (χ0n) is 15.2. The normalized spacial score (nSPS) is 24.3. The van der Waals surface area contributed by atoms with Gasteiger partial charge in [0.1, 0.15) is 0 Å². The molecular weight excluding hydrogens is 373 g/mol. The number of benzene rings is 1. The van der Waals surface area contributed by atoms with Crippen molar-refractivity contribution < 1.29 is 27.5 Å². The number of amides is 1. The van der Waals surface area contributed by atoms with Crippen LogP contribution >= 0.6 is 0 Å². The summed E-state index contributed by atoms with van der Waals surface area (Å²) in [6.45, 7) is 2.55. The standard InChI is InChI=1S/C20H19F3N2O3/c1-12-16(19(28-18(12)27)5-7-24-8-6-19)17(26)25-9-4-13-2-3-15(20(21,22)23)10-14(13)11-25/h2-3,5,7,10,24H,4,6,8-9,11H2,1H3. The van der Waals surface area contributed by atoms with Crippen LogP contribution in [0.5, 0.6) is 0 Å². The maximum absolute atomic E-state index is 13.3. The molecule has 1 atom stereocenters. The Bertz CT molecular complexity index is 920. The van der Waals surface area contributed by atoms with Gasteiger partial charge in [0.25, 0.3) is 5.91 Å². The Morgan fingerprint density at radius 2 is 2.07 bits per heavy atom. The van der Waals surface area contributed by atoms with E-state index in [0.29, 0.717) is 31.5 Å². The van der Waals surface area contributed by atoms with Crippen LogP contribution < -0.4 is 5.32 Å². The number of hydrogen-bond donors (Lipinski definition) is 1. The predicted octanol–water partition coefficient (Wildman–Crippen LogP) is 2.71. The second-order valence-corrected chi connectivity index (χ2v) is 7.27. The first-order valence-electron chi connectivity index (χ1n) is 9.05. The lowest BCUT2D eigenvalue weighted by molar-refractivity contribution is -0.145. The van der Waals surface area contributed by atoms with Crippen LogP contribution in [0.1, 0.15) is 30.0 Å². The van der Waals surface area contributed by atoms with Crippen molar-refractivity contribution in [1.29, 1.82) is 0 Å². The van der Waals surface area contributed by atoms with Gasteiger partial charge in [-0.15, -0.1) is 0 Å². The third kappa shape index (κ3) is 2.96. The summed E-state index contributed by atoms with van der Waals surface area (Å²) in [5.74, 6) is -0.898. The molecule has 5 nitrogen and oxygen atoms in total. The molecule has 3 aliphatic heterocycles. The van der Waals surface area contributed by atoms with E-state index in [2.05, 4.69) is 5.32 Å². The van der Waals surface area contributed by atoms with Gasteiger partial charge >= 0.3 is 12.1 Å². The first-order chi connectivity index (χ1) is 13.2. The summed E-state index contributed by atoms with van der Waals surface area (Å²) >= 11 is 0.